The van der Waals surface area contributed by atoms with Crippen molar-refractivity contribution in [3.63, 3.8) is 0 Å². The van der Waals surface area contributed by atoms with Crippen LogP contribution < -0.4 is 5.32 Å². The molecular weight excluding hydrogens is 496 g/mol. The molecule has 38 heavy (non-hydrogen) atoms. The van der Waals surface area contributed by atoms with E-state index >= 15 is 0 Å². The number of aromatic amines is 1. The molecule has 7 heteroatoms. The average Bonchev–Trinajstić information content (AvgIpc) is 3.37. The molecule has 6 rings (SSSR count). The smallest absolute Gasteiger partial charge is 0.251 e. The number of fused-ring (bicyclic) bond motifs is 1. The molecule has 1 spiro atoms. The lowest BCUT2D eigenvalue weighted by Gasteiger charge is -2.53. The molecule has 3 heterocycles. The largest absolute Gasteiger partial charge is 0.381 e. The molecule has 1 saturated carbocycles. The summed E-state index contributed by atoms with van der Waals surface area (Å²) in [6.45, 7) is 6.14. The molecule has 1 atom stereocenters. The Kier molecular flexibility index (Phi) is 6.94. The van der Waals surface area contributed by atoms with Gasteiger partial charge in [-0.05, 0) is 91.9 Å². The lowest BCUT2D eigenvalue weighted by Crippen LogP contribution is -2.48. The number of hydrogen-bond acceptors (Lipinski definition) is 4. The van der Waals surface area contributed by atoms with E-state index < -0.39 is 0 Å². The summed E-state index contributed by atoms with van der Waals surface area (Å²) in [5, 5.41) is 14.5. The summed E-state index contributed by atoms with van der Waals surface area (Å²) in [6, 6.07) is 15.1. The first kappa shape index (κ1) is 25.4. The predicted molar refractivity (Wildman–Crippen MR) is 149 cm³/mol. The van der Waals surface area contributed by atoms with Crippen molar-refractivity contribution in [1.82, 2.24) is 15.2 Å². The van der Waals surface area contributed by atoms with Crippen LogP contribution in [-0.4, -0.2) is 48.6 Å². The third-order valence-corrected chi connectivity index (χ3v) is 9.44. The van der Waals surface area contributed by atoms with Crippen molar-refractivity contribution in [2.75, 3.05) is 32.8 Å². The molecule has 2 aromatic carbocycles. The Bertz CT molecular complexity index is 1370. The van der Waals surface area contributed by atoms with Crippen molar-refractivity contribution in [1.29, 1.82) is 5.26 Å². The molecule has 3 fully saturated rings. The zero-order chi connectivity index (χ0) is 26.3. The van der Waals surface area contributed by atoms with Crippen molar-refractivity contribution >= 4 is 28.4 Å². The SMILES string of the molecule is Cc1cc(Cl)c(CCN2CCC3(CC(C#N)C3)C[C@H]2c2ccc(C(=O)NCC3COC3)cc2)c2cc[nH]c12. The number of carbonyl (C=O) groups excluding carboxylic acids is 1. The van der Waals surface area contributed by atoms with E-state index in [9.17, 15) is 10.1 Å². The highest BCUT2D eigenvalue weighted by Gasteiger charge is 2.49. The maximum atomic E-state index is 12.7. The molecular formula is C31H35ClN4O2. The van der Waals surface area contributed by atoms with E-state index in [-0.39, 0.29) is 23.3 Å². The number of halogens is 1. The summed E-state index contributed by atoms with van der Waals surface area (Å²) < 4.78 is 5.20. The lowest BCUT2D eigenvalue weighted by atomic mass is 9.56. The van der Waals surface area contributed by atoms with Crippen LogP contribution in [0.25, 0.3) is 10.9 Å². The van der Waals surface area contributed by atoms with Crippen molar-refractivity contribution in [2.24, 2.45) is 17.3 Å². The Morgan fingerprint density at radius 2 is 2.03 bits per heavy atom. The number of ether oxygens (including phenoxy) is 1. The van der Waals surface area contributed by atoms with Crippen LogP contribution in [-0.2, 0) is 11.2 Å². The van der Waals surface area contributed by atoms with E-state index in [1.165, 1.54) is 22.1 Å². The monoisotopic (exact) mass is 530 g/mol. The van der Waals surface area contributed by atoms with Crippen molar-refractivity contribution < 1.29 is 9.53 Å². The van der Waals surface area contributed by atoms with Gasteiger partial charge in [0.25, 0.3) is 5.91 Å². The standard InChI is InChI=1S/C31H35ClN4O2/c1-20-12-27(32)25(26-6-9-34-29(20)26)7-10-36-11-8-31(13-21(14-31)16-33)15-28(36)23-2-4-24(5-3-23)30(37)35-17-22-18-38-19-22/h2-6,9,12,21-22,28,34H,7-8,10-11,13-15,17-19H2,1H3,(H,35,37)/t21?,28-,31?/m0/s1. The van der Waals surface area contributed by atoms with E-state index in [4.69, 9.17) is 16.3 Å². The minimum Gasteiger partial charge on any atom is -0.381 e. The second-order valence-electron chi connectivity index (χ2n) is 11.6. The van der Waals surface area contributed by atoms with Gasteiger partial charge in [0.05, 0.1) is 19.3 Å². The van der Waals surface area contributed by atoms with Gasteiger partial charge < -0.3 is 15.0 Å². The molecule has 0 unspecified atom stereocenters. The van der Waals surface area contributed by atoms with Crippen LogP contribution in [0, 0.1) is 35.5 Å². The predicted octanol–water partition coefficient (Wildman–Crippen LogP) is 5.81. The Hall–Kier alpha value is -2.85. The minimum atomic E-state index is -0.0270. The van der Waals surface area contributed by atoms with Crippen LogP contribution in [0.1, 0.15) is 58.8 Å². The van der Waals surface area contributed by atoms with Crippen molar-refractivity contribution in [2.45, 2.75) is 45.1 Å². The zero-order valence-electron chi connectivity index (χ0n) is 21.9. The summed E-state index contributed by atoms with van der Waals surface area (Å²) in [7, 11) is 0. The first-order chi connectivity index (χ1) is 18.4. The number of hydrogen-bond donors (Lipinski definition) is 2. The van der Waals surface area contributed by atoms with Gasteiger partial charge >= 0.3 is 0 Å². The normalized spacial score (nSPS) is 25.6. The van der Waals surface area contributed by atoms with Crippen LogP contribution in [0.5, 0.6) is 0 Å². The number of rotatable bonds is 7. The van der Waals surface area contributed by atoms with Gasteiger partial charge in [-0.3, -0.25) is 9.69 Å². The molecule has 198 valence electrons. The van der Waals surface area contributed by atoms with E-state index in [0.29, 0.717) is 18.0 Å². The highest BCUT2D eigenvalue weighted by atomic mass is 35.5. The number of amides is 1. The topological polar surface area (TPSA) is 81.2 Å². The summed E-state index contributed by atoms with van der Waals surface area (Å²) in [5.74, 6) is 0.600. The van der Waals surface area contributed by atoms with Crippen LogP contribution in [0.2, 0.25) is 5.02 Å². The number of aryl methyl sites for hydroxylation is 1. The van der Waals surface area contributed by atoms with Crippen molar-refractivity contribution in [3.05, 3.63) is 69.9 Å². The number of benzene rings is 2. The Morgan fingerprint density at radius 3 is 2.74 bits per heavy atom. The Labute approximate surface area is 229 Å². The number of nitriles is 1. The van der Waals surface area contributed by atoms with Gasteiger partial charge in [0.1, 0.15) is 0 Å². The van der Waals surface area contributed by atoms with E-state index in [1.807, 2.05) is 18.3 Å². The summed E-state index contributed by atoms with van der Waals surface area (Å²) in [6.07, 6.45) is 7.07. The highest BCUT2D eigenvalue weighted by Crippen LogP contribution is 2.56. The van der Waals surface area contributed by atoms with E-state index in [1.54, 1.807) is 0 Å². The van der Waals surface area contributed by atoms with Crippen LogP contribution in [0.3, 0.4) is 0 Å². The molecule has 1 aliphatic carbocycles. The van der Waals surface area contributed by atoms with Gasteiger partial charge in [-0.25, -0.2) is 0 Å². The fraction of sp³-hybridized carbons (Fsp3) is 0.484. The summed E-state index contributed by atoms with van der Waals surface area (Å²) in [5.41, 5.74) is 5.73. The zero-order valence-corrected chi connectivity index (χ0v) is 22.7. The van der Waals surface area contributed by atoms with Crippen molar-refractivity contribution in [3.8, 4) is 6.07 Å². The van der Waals surface area contributed by atoms with Gasteiger partial charge in [0, 0.05) is 58.7 Å². The van der Waals surface area contributed by atoms with Crippen LogP contribution in [0.4, 0.5) is 0 Å². The Balaban J connectivity index is 1.20. The number of aromatic nitrogens is 1. The fourth-order valence-corrected chi connectivity index (χ4v) is 7.11. The average molecular weight is 531 g/mol. The molecule has 2 saturated heterocycles. The van der Waals surface area contributed by atoms with Gasteiger partial charge in [-0.2, -0.15) is 5.26 Å². The molecule has 6 nitrogen and oxygen atoms in total. The Morgan fingerprint density at radius 1 is 1.24 bits per heavy atom. The van der Waals surface area contributed by atoms with Gasteiger partial charge in [-0.15, -0.1) is 0 Å². The minimum absolute atomic E-state index is 0.0270. The number of H-pyrrole nitrogens is 1. The van der Waals surface area contributed by atoms with Gasteiger partial charge in [0.2, 0.25) is 0 Å². The third kappa shape index (κ3) is 4.84. The number of nitrogens with zero attached hydrogens (tertiary/aromatic N) is 2. The van der Waals surface area contributed by atoms with E-state index in [0.717, 1.165) is 68.9 Å². The first-order valence-electron chi connectivity index (χ1n) is 13.8. The molecule has 0 bridgehead atoms. The number of carbonyl (C=O) groups is 1. The number of likely N-dealkylation sites (tertiary alicyclic amines) is 1. The summed E-state index contributed by atoms with van der Waals surface area (Å²) in [4.78, 5) is 18.6. The quantitative estimate of drug-likeness (QED) is 0.404. The fourth-order valence-electron chi connectivity index (χ4n) is 6.75. The van der Waals surface area contributed by atoms with E-state index in [2.05, 4.69) is 52.5 Å². The summed E-state index contributed by atoms with van der Waals surface area (Å²) >= 11 is 6.74. The maximum Gasteiger partial charge on any atom is 0.251 e. The highest BCUT2D eigenvalue weighted by molar-refractivity contribution is 6.32. The van der Waals surface area contributed by atoms with Gasteiger partial charge in [0.15, 0.2) is 0 Å². The maximum absolute atomic E-state index is 12.7. The van der Waals surface area contributed by atoms with Gasteiger partial charge in [-0.1, -0.05) is 23.7 Å². The molecule has 1 aromatic heterocycles. The number of nitrogens with one attached hydrogen (secondary N) is 2. The third-order valence-electron chi connectivity index (χ3n) is 9.10. The number of piperidine rings is 1. The molecule has 3 aliphatic rings. The molecule has 0 radical (unpaired) electrons. The first-order valence-corrected chi connectivity index (χ1v) is 14.2. The second-order valence-corrected chi connectivity index (χ2v) is 12.1. The second kappa shape index (κ2) is 10.4. The molecule has 1 amide bonds. The van der Waals surface area contributed by atoms with Crippen LogP contribution >= 0.6 is 11.6 Å². The molecule has 3 aromatic rings. The lowest BCUT2D eigenvalue weighted by molar-refractivity contribution is -0.0298. The molecule has 2 N–H and O–H groups in total. The molecule has 2 aliphatic heterocycles. The van der Waals surface area contributed by atoms with Crippen LogP contribution in [0.15, 0.2) is 42.6 Å².